The van der Waals surface area contributed by atoms with Crippen molar-refractivity contribution in [2.45, 2.75) is 39.7 Å². The Hall–Kier alpha value is -0.810. The fourth-order valence-corrected chi connectivity index (χ4v) is 2.10. The van der Waals surface area contributed by atoms with Crippen LogP contribution in [0.3, 0.4) is 0 Å². The first kappa shape index (κ1) is 13.6. The lowest BCUT2D eigenvalue weighted by molar-refractivity contribution is 0.380. The zero-order valence-electron chi connectivity index (χ0n) is 12.6. The molecule has 0 spiro atoms. The van der Waals surface area contributed by atoms with Gasteiger partial charge in [-0.1, -0.05) is 27.7 Å². The van der Waals surface area contributed by atoms with Crippen molar-refractivity contribution >= 4 is 9.84 Å². The van der Waals surface area contributed by atoms with Gasteiger partial charge in [-0.25, -0.2) is 8.42 Å². The normalized spacial score (nSPS) is 13.9. The molecular formula is C13H23NO3S. The van der Waals surface area contributed by atoms with Crippen LogP contribution in [0.2, 0.25) is 1.41 Å². The fraction of sp³-hybridized carbons (Fsp3) is 0.692. The predicted octanol–water partition coefficient (Wildman–Crippen LogP) is 2.10. The molecule has 0 saturated heterocycles. The molecule has 0 aliphatic heterocycles. The molecule has 1 rings (SSSR count). The molecule has 5 heteroatoms. The quantitative estimate of drug-likeness (QED) is 0.863. The number of nitrogens with one attached hydrogen (secondary N) is 1. The minimum absolute atomic E-state index is 0.0137. The number of hydrogen-bond donors (Lipinski definition) is 1. The summed E-state index contributed by atoms with van der Waals surface area (Å²) in [5.41, 5.74) is -0.0589. The first-order chi connectivity index (χ1) is 8.64. The summed E-state index contributed by atoms with van der Waals surface area (Å²) in [7, 11) is -3.02. The van der Waals surface area contributed by atoms with Crippen LogP contribution >= 0.6 is 0 Å². The Morgan fingerprint density at radius 2 is 2.06 bits per heavy atom. The molecule has 1 N–H and O–H groups in total. The van der Waals surface area contributed by atoms with E-state index >= 15 is 0 Å². The molecule has 18 heavy (non-hydrogen) atoms. The number of hydrogen-bond acceptors (Lipinski definition) is 4. The van der Waals surface area contributed by atoms with Gasteiger partial charge in [-0.3, -0.25) is 0 Å². The first-order valence-electron chi connectivity index (χ1n) is 6.62. The molecule has 0 amide bonds. The van der Waals surface area contributed by atoms with Crippen molar-refractivity contribution in [2.75, 3.05) is 18.1 Å². The van der Waals surface area contributed by atoms with Crippen LogP contribution in [-0.2, 0) is 21.8 Å². The Morgan fingerprint density at radius 1 is 1.39 bits per heavy atom. The predicted molar refractivity (Wildman–Crippen MR) is 73.4 cm³/mol. The van der Waals surface area contributed by atoms with Crippen LogP contribution in [0.1, 0.15) is 39.2 Å². The Labute approximate surface area is 111 Å². The topological polar surface area (TPSA) is 59.3 Å². The minimum Gasteiger partial charge on any atom is -0.464 e. The van der Waals surface area contributed by atoms with Gasteiger partial charge in [0.05, 0.1) is 12.3 Å². The van der Waals surface area contributed by atoms with Crippen LogP contribution in [0.25, 0.3) is 0 Å². The summed E-state index contributed by atoms with van der Waals surface area (Å²) in [4.78, 5) is 0. The van der Waals surface area contributed by atoms with E-state index < -0.39 is 9.84 Å². The molecule has 1 aromatic heterocycles. The van der Waals surface area contributed by atoms with Crippen LogP contribution in [0.5, 0.6) is 0 Å². The van der Waals surface area contributed by atoms with Gasteiger partial charge < -0.3 is 9.73 Å². The summed E-state index contributed by atoms with van der Waals surface area (Å²) in [6, 6.07) is 3.75. The lowest BCUT2D eigenvalue weighted by atomic mass is 9.94. The van der Waals surface area contributed by atoms with Gasteiger partial charge in [0.25, 0.3) is 0 Å². The van der Waals surface area contributed by atoms with Crippen molar-refractivity contribution in [1.82, 2.24) is 5.31 Å². The smallest absolute Gasteiger partial charge is 0.151 e. The average molecular weight is 274 g/mol. The van der Waals surface area contributed by atoms with Gasteiger partial charge in [0.15, 0.2) is 9.84 Å². The number of rotatable bonds is 6. The van der Waals surface area contributed by atoms with Crippen LogP contribution in [0.15, 0.2) is 16.5 Å². The van der Waals surface area contributed by atoms with Crippen molar-refractivity contribution in [1.29, 1.82) is 0 Å². The van der Waals surface area contributed by atoms with Crippen molar-refractivity contribution in [3.8, 4) is 0 Å². The van der Waals surface area contributed by atoms with Gasteiger partial charge >= 0.3 is 0 Å². The molecule has 1 aromatic rings. The third kappa shape index (κ3) is 4.82. The van der Waals surface area contributed by atoms with E-state index in [-0.39, 0.29) is 23.5 Å². The monoisotopic (exact) mass is 274 g/mol. The maximum absolute atomic E-state index is 11.4. The maximum Gasteiger partial charge on any atom is 0.151 e. The Balaban J connectivity index is 2.54. The second kappa shape index (κ2) is 5.89. The first-order valence-corrected chi connectivity index (χ1v) is 7.99. The fourth-order valence-electron chi connectivity index (χ4n) is 1.40. The molecule has 0 bridgehead atoms. The van der Waals surface area contributed by atoms with Crippen LogP contribution in [-0.4, -0.2) is 26.5 Å². The highest BCUT2D eigenvalue weighted by molar-refractivity contribution is 7.91. The summed E-state index contributed by atoms with van der Waals surface area (Å²) >= 11 is 0. The highest BCUT2D eigenvalue weighted by Crippen LogP contribution is 2.23. The van der Waals surface area contributed by atoms with E-state index in [4.69, 9.17) is 5.83 Å². The molecule has 104 valence electrons. The highest BCUT2D eigenvalue weighted by atomic mass is 32.2. The van der Waals surface area contributed by atoms with E-state index in [2.05, 4.69) is 20.8 Å². The molecule has 0 fully saturated rings. The second-order valence-electron chi connectivity index (χ2n) is 5.36. The van der Waals surface area contributed by atoms with Gasteiger partial charge in [0.1, 0.15) is 12.9 Å². The summed E-state index contributed by atoms with van der Waals surface area (Å²) in [6.45, 7) is 8.29. The Morgan fingerprint density at radius 3 is 2.56 bits per heavy atom. The molecule has 1 heterocycles. The summed E-state index contributed by atoms with van der Waals surface area (Å²) in [6.07, 6.45) is 0. The van der Waals surface area contributed by atoms with Crippen molar-refractivity contribution < 1.29 is 14.2 Å². The van der Waals surface area contributed by atoms with Crippen molar-refractivity contribution in [2.24, 2.45) is 0 Å². The summed E-state index contributed by atoms with van der Waals surface area (Å²) in [5.74, 6) is 1.70. The molecular weight excluding hydrogens is 250 g/mol. The Bertz CT molecular complexity index is 502. The SMILES string of the molecule is [2H]N(CCS(=O)(=O)CC)Cc1ccc(C(C)(C)C)o1. The summed E-state index contributed by atoms with van der Waals surface area (Å²) in [5, 5.41) is 1.22. The van der Waals surface area contributed by atoms with Crippen LogP contribution in [0.4, 0.5) is 0 Å². The van der Waals surface area contributed by atoms with Gasteiger partial charge in [-0.2, -0.15) is 0 Å². The molecule has 0 atom stereocenters. The molecule has 0 unspecified atom stereocenters. The average Bonchev–Trinajstić information content (AvgIpc) is 2.75. The molecule has 0 saturated carbocycles. The van der Waals surface area contributed by atoms with Crippen LogP contribution in [0, 0.1) is 0 Å². The van der Waals surface area contributed by atoms with E-state index in [9.17, 15) is 8.42 Å². The second-order valence-corrected chi connectivity index (χ2v) is 7.83. The van der Waals surface area contributed by atoms with Gasteiger partial charge in [-0.05, 0) is 12.1 Å². The molecule has 0 aromatic carbocycles. The van der Waals surface area contributed by atoms with E-state index in [1.54, 1.807) is 6.92 Å². The van der Waals surface area contributed by atoms with Gasteiger partial charge in [-0.15, -0.1) is 0 Å². The Kier molecular flexibility index (Phi) is 4.45. The van der Waals surface area contributed by atoms with Crippen LogP contribution < -0.4 is 5.31 Å². The van der Waals surface area contributed by atoms with E-state index in [1.165, 1.54) is 5.31 Å². The van der Waals surface area contributed by atoms with Crippen molar-refractivity contribution in [3.63, 3.8) is 0 Å². The van der Waals surface area contributed by atoms with E-state index in [0.717, 1.165) is 5.76 Å². The largest absolute Gasteiger partial charge is 0.464 e. The maximum atomic E-state index is 11.4. The standard InChI is InChI=1S/C13H23NO3S/c1-5-18(15,16)9-8-14-10-11-6-7-12(17-11)13(2,3)4/h6-7,14H,5,8-10H2,1-4H3/i/hD. The lowest BCUT2D eigenvalue weighted by Gasteiger charge is -2.14. The van der Waals surface area contributed by atoms with E-state index in [0.29, 0.717) is 12.3 Å². The molecule has 0 aliphatic carbocycles. The zero-order chi connectivity index (χ0) is 14.7. The molecule has 4 nitrogen and oxygen atoms in total. The van der Waals surface area contributed by atoms with E-state index in [1.807, 2.05) is 12.1 Å². The third-order valence-corrected chi connectivity index (χ3v) is 4.35. The van der Waals surface area contributed by atoms with Gasteiger partial charge in [0.2, 0.25) is 0 Å². The highest BCUT2D eigenvalue weighted by Gasteiger charge is 2.17. The minimum atomic E-state index is -3.02. The summed E-state index contributed by atoms with van der Waals surface area (Å²) < 4.78 is 36.1. The number of sulfone groups is 1. The molecule has 0 aliphatic rings. The third-order valence-electron chi connectivity index (χ3n) is 2.67. The zero-order valence-corrected chi connectivity index (χ0v) is 12.4. The number of furan rings is 1. The van der Waals surface area contributed by atoms with Gasteiger partial charge in [0, 0.05) is 17.7 Å². The lowest BCUT2D eigenvalue weighted by Crippen LogP contribution is -2.23. The van der Waals surface area contributed by atoms with Crippen molar-refractivity contribution in [3.05, 3.63) is 23.7 Å². The molecule has 0 radical (unpaired) electrons.